The lowest BCUT2D eigenvalue weighted by Crippen LogP contribution is -2.71. The Hall–Kier alpha value is -3.40. The van der Waals surface area contributed by atoms with Crippen LogP contribution in [0.5, 0.6) is 5.75 Å². The summed E-state index contributed by atoms with van der Waals surface area (Å²) in [4.78, 5) is 38.7. The zero-order chi connectivity index (χ0) is 28.0. The van der Waals surface area contributed by atoms with Crippen LogP contribution in [-0.4, -0.2) is 64.0 Å². The van der Waals surface area contributed by atoms with E-state index < -0.39 is 53.3 Å². The number of aromatic nitrogens is 1. The molecule has 2 aliphatic heterocycles. The average molecular weight is 565 g/mol. The molecular weight excluding hydrogens is 544 g/mol. The minimum absolute atomic E-state index is 0.0110. The van der Waals surface area contributed by atoms with E-state index in [1.807, 2.05) is 0 Å². The van der Waals surface area contributed by atoms with Crippen LogP contribution in [0.2, 0.25) is 0 Å². The summed E-state index contributed by atoms with van der Waals surface area (Å²) in [6.07, 6.45) is -6.45. The van der Waals surface area contributed by atoms with E-state index in [0.717, 1.165) is 34.5 Å². The summed E-state index contributed by atoms with van der Waals surface area (Å²) in [6, 6.07) is 0.427. The third-order valence-electron chi connectivity index (χ3n) is 6.04. The van der Waals surface area contributed by atoms with Gasteiger partial charge in [0.25, 0.3) is 12.3 Å². The molecule has 1 spiro atoms. The van der Waals surface area contributed by atoms with Crippen molar-refractivity contribution in [3.05, 3.63) is 41.5 Å². The molecule has 206 valence electrons. The third kappa shape index (κ3) is 5.14. The molecule has 4 rings (SSSR count). The van der Waals surface area contributed by atoms with Crippen LogP contribution in [-0.2, 0) is 16.6 Å². The van der Waals surface area contributed by atoms with E-state index in [4.69, 9.17) is 4.74 Å². The molecule has 1 aromatic carbocycles. The molecule has 0 saturated carbocycles. The second kappa shape index (κ2) is 10.1. The lowest BCUT2D eigenvalue weighted by molar-refractivity contribution is -0.162. The Labute approximate surface area is 216 Å². The highest BCUT2D eigenvalue weighted by atomic mass is 32.2. The SMILES string of the molecule is C[C@H](NC(=O)C(=O)N1Sc2cn(C)c(C(=O)Nc3ccc(F)c(C(F)F)c3)c2OCC12CNC2)C(F)(F)F. The van der Waals surface area contributed by atoms with Crippen LogP contribution < -0.4 is 20.7 Å². The summed E-state index contributed by atoms with van der Waals surface area (Å²) in [7, 11) is 1.47. The number of amides is 3. The van der Waals surface area contributed by atoms with E-state index >= 15 is 0 Å². The lowest BCUT2D eigenvalue weighted by atomic mass is 9.93. The molecule has 38 heavy (non-hydrogen) atoms. The predicted octanol–water partition coefficient (Wildman–Crippen LogP) is 2.99. The minimum atomic E-state index is -4.75. The summed E-state index contributed by atoms with van der Waals surface area (Å²) in [5.74, 6) is -4.61. The Kier molecular flexibility index (Phi) is 7.31. The van der Waals surface area contributed by atoms with E-state index in [1.165, 1.54) is 17.8 Å². The number of anilines is 1. The first-order valence-corrected chi connectivity index (χ1v) is 11.8. The van der Waals surface area contributed by atoms with Gasteiger partial charge in [-0.15, -0.1) is 0 Å². The number of hydrogen-bond acceptors (Lipinski definition) is 6. The number of fused-ring (bicyclic) bond motifs is 1. The molecule has 2 aliphatic rings. The number of alkyl halides is 5. The second-order valence-corrected chi connectivity index (χ2v) is 9.80. The quantitative estimate of drug-likeness (QED) is 0.299. The van der Waals surface area contributed by atoms with Crippen molar-refractivity contribution in [2.75, 3.05) is 25.0 Å². The smallest absolute Gasteiger partial charge is 0.408 e. The predicted molar refractivity (Wildman–Crippen MR) is 122 cm³/mol. The Bertz CT molecular complexity index is 1280. The number of ether oxygens (including phenoxy) is 1. The van der Waals surface area contributed by atoms with E-state index in [-0.39, 0.29) is 41.7 Å². The maximum Gasteiger partial charge on any atom is 0.408 e. The van der Waals surface area contributed by atoms with Gasteiger partial charge in [-0.05, 0) is 37.1 Å². The molecule has 0 bridgehead atoms. The zero-order valence-corrected chi connectivity index (χ0v) is 20.6. The van der Waals surface area contributed by atoms with Crippen LogP contribution in [0.25, 0.3) is 0 Å². The fraction of sp³-hybridized carbons (Fsp3) is 0.409. The molecular formula is C22H21F6N5O4S. The first-order valence-electron chi connectivity index (χ1n) is 11.0. The first-order chi connectivity index (χ1) is 17.7. The minimum Gasteiger partial charge on any atom is -0.487 e. The molecule has 3 heterocycles. The Morgan fingerprint density at radius 1 is 1.21 bits per heavy atom. The van der Waals surface area contributed by atoms with Crippen molar-refractivity contribution in [3.63, 3.8) is 0 Å². The Balaban J connectivity index is 1.60. The van der Waals surface area contributed by atoms with Gasteiger partial charge >= 0.3 is 18.0 Å². The fourth-order valence-corrected chi connectivity index (χ4v) is 5.01. The summed E-state index contributed by atoms with van der Waals surface area (Å²) < 4.78 is 86.6. The van der Waals surface area contributed by atoms with Crippen LogP contribution in [0.15, 0.2) is 29.3 Å². The standard InChI is InChI=1S/C22H21F6N5O4S/c1-10(22(26,27)28)30-19(35)20(36)33-21(7-29-8-21)9-37-16-14(38-33)6-32(2)15(16)18(34)31-11-3-4-13(23)12(5-11)17(24)25/h3-6,10,17,29H,7-9H2,1-2H3,(H,30,35)(H,31,34)/t10-/m0/s1. The number of rotatable bonds is 4. The third-order valence-corrected chi connectivity index (χ3v) is 7.26. The Morgan fingerprint density at radius 2 is 1.89 bits per heavy atom. The molecule has 2 aromatic rings. The van der Waals surface area contributed by atoms with Crippen LogP contribution in [0.3, 0.4) is 0 Å². The van der Waals surface area contributed by atoms with E-state index in [9.17, 15) is 40.7 Å². The zero-order valence-electron chi connectivity index (χ0n) is 19.8. The van der Waals surface area contributed by atoms with Gasteiger partial charge in [-0.2, -0.15) is 13.2 Å². The van der Waals surface area contributed by atoms with Crippen LogP contribution >= 0.6 is 11.9 Å². The molecule has 1 atom stereocenters. The van der Waals surface area contributed by atoms with Crippen molar-refractivity contribution in [1.82, 2.24) is 19.5 Å². The van der Waals surface area contributed by atoms with E-state index in [0.29, 0.717) is 6.92 Å². The molecule has 1 aromatic heterocycles. The fourth-order valence-electron chi connectivity index (χ4n) is 3.83. The average Bonchev–Trinajstić information content (AvgIpc) is 3.01. The van der Waals surface area contributed by atoms with Crippen molar-refractivity contribution in [2.24, 2.45) is 7.05 Å². The van der Waals surface area contributed by atoms with Crippen LogP contribution in [0, 0.1) is 5.82 Å². The van der Waals surface area contributed by atoms with Crippen LogP contribution in [0.1, 0.15) is 29.4 Å². The normalized spacial score (nSPS) is 17.2. The van der Waals surface area contributed by atoms with Crippen molar-refractivity contribution < 1.29 is 45.5 Å². The number of halogens is 6. The van der Waals surface area contributed by atoms with Gasteiger partial charge in [0.2, 0.25) is 0 Å². The van der Waals surface area contributed by atoms with Gasteiger partial charge in [0.05, 0.1) is 10.5 Å². The van der Waals surface area contributed by atoms with Gasteiger partial charge in [-0.3, -0.25) is 18.7 Å². The highest BCUT2D eigenvalue weighted by Gasteiger charge is 2.51. The van der Waals surface area contributed by atoms with Gasteiger partial charge in [0, 0.05) is 32.0 Å². The highest BCUT2D eigenvalue weighted by Crippen LogP contribution is 2.44. The maximum atomic E-state index is 13.6. The van der Waals surface area contributed by atoms with Gasteiger partial charge in [-0.1, -0.05) is 0 Å². The van der Waals surface area contributed by atoms with Crippen molar-refractivity contribution in [2.45, 2.75) is 36.0 Å². The molecule has 0 aliphatic carbocycles. The number of benzene rings is 1. The van der Waals surface area contributed by atoms with Crippen LogP contribution in [0.4, 0.5) is 32.0 Å². The monoisotopic (exact) mass is 565 g/mol. The number of carbonyl (C=O) groups is 3. The summed E-state index contributed by atoms with van der Waals surface area (Å²) >= 11 is 0.726. The molecule has 3 N–H and O–H groups in total. The molecule has 0 radical (unpaired) electrons. The van der Waals surface area contributed by atoms with Gasteiger partial charge in [0.15, 0.2) is 11.4 Å². The maximum absolute atomic E-state index is 13.6. The number of aryl methyl sites for hydroxylation is 1. The Morgan fingerprint density at radius 3 is 2.47 bits per heavy atom. The second-order valence-electron chi connectivity index (χ2n) is 8.82. The van der Waals surface area contributed by atoms with Crippen molar-refractivity contribution in [1.29, 1.82) is 0 Å². The number of hydrogen-bond donors (Lipinski definition) is 3. The highest BCUT2D eigenvalue weighted by molar-refractivity contribution is 7.97. The van der Waals surface area contributed by atoms with Crippen molar-refractivity contribution in [3.8, 4) is 5.75 Å². The molecule has 16 heteroatoms. The lowest BCUT2D eigenvalue weighted by Gasteiger charge is -2.47. The van der Waals surface area contributed by atoms with Crippen molar-refractivity contribution >= 4 is 35.4 Å². The van der Waals surface area contributed by atoms with Gasteiger partial charge < -0.3 is 25.3 Å². The summed E-state index contributed by atoms with van der Waals surface area (Å²) in [6.45, 7) is 0.829. The number of nitrogens with zero attached hydrogens (tertiary/aromatic N) is 2. The largest absolute Gasteiger partial charge is 0.487 e. The first kappa shape index (κ1) is 27.6. The number of nitrogens with one attached hydrogen (secondary N) is 3. The topological polar surface area (TPSA) is 105 Å². The molecule has 1 saturated heterocycles. The number of carbonyl (C=O) groups excluding carboxylic acids is 3. The van der Waals surface area contributed by atoms with Gasteiger partial charge in [-0.25, -0.2) is 13.2 Å². The molecule has 3 amide bonds. The molecule has 0 unspecified atom stereocenters. The molecule has 9 nitrogen and oxygen atoms in total. The molecule has 1 fully saturated rings. The summed E-state index contributed by atoms with van der Waals surface area (Å²) in [5.41, 5.74) is -2.16. The summed E-state index contributed by atoms with van der Waals surface area (Å²) in [5, 5.41) is 6.98. The van der Waals surface area contributed by atoms with E-state index in [1.54, 1.807) is 5.32 Å². The van der Waals surface area contributed by atoms with Gasteiger partial charge in [0.1, 0.15) is 24.0 Å². The van der Waals surface area contributed by atoms with E-state index in [2.05, 4.69) is 10.6 Å².